The molecule has 1 aromatic heterocycles. The molecule has 0 radical (unpaired) electrons. The van der Waals surface area contributed by atoms with E-state index in [9.17, 15) is 4.79 Å². The van der Waals surface area contributed by atoms with Gasteiger partial charge in [0.15, 0.2) is 0 Å². The van der Waals surface area contributed by atoms with E-state index in [1.165, 1.54) is 12.8 Å². The van der Waals surface area contributed by atoms with Gasteiger partial charge in [-0.1, -0.05) is 25.1 Å². The molecule has 1 heterocycles. The lowest BCUT2D eigenvalue weighted by molar-refractivity contribution is -0.123. The molecule has 1 amide bonds. The highest BCUT2D eigenvalue weighted by Gasteiger charge is 2.20. The summed E-state index contributed by atoms with van der Waals surface area (Å²) in [6.07, 6.45) is 8.55. The van der Waals surface area contributed by atoms with Gasteiger partial charge in [0.2, 0.25) is 5.91 Å². The Morgan fingerprint density at radius 2 is 1.96 bits per heavy atom. The minimum absolute atomic E-state index is 0.123. The molecule has 1 saturated carbocycles. The van der Waals surface area contributed by atoms with Crippen LogP contribution in [0, 0.1) is 5.92 Å². The number of amides is 1. The molecule has 0 saturated heterocycles. The number of nitrogens with one attached hydrogen (secondary N) is 1. The summed E-state index contributed by atoms with van der Waals surface area (Å²) in [7, 11) is 1.97. The monoisotopic (exact) mass is 340 g/mol. The van der Waals surface area contributed by atoms with Crippen LogP contribution in [0.1, 0.15) is 38.2 Å². The van der Waals surface area contributed by atoms with Crippen LogP contribution in [0.3, 0.4) is 0 Å². The minimum Gasteiger partial charge on any atom is -0.352 e. The summed E-state index contributed by atoms with van der Waals surface area (Å²) < 4.78 is 1.87. The predicted octanol–water partition coefficient (Wildman–Crippen LogP) is 3.00. The Morgan fingerprint density at radius 1 is 1.24 bits per heavy atom. The maximum atomic E-state index is 12.2. The van der Waals surface area contributed by atoms with Crippen LogP contribution in [0.15, 0.2) is 42.7 Å². The van der Waals surface area contributed by atoms with Crippen molar-refractivity contribution in [1.29, 1.82) is 0 Å². The van der Waals surface area contributed by atoms with Crippen molar-refractivity contribution in [2.45, 2.75) is 45.2 Å². The number of para-hydroxylation sites is 1. The van der Waals surface area contributed by atoms with Gasteiger partial charge in [0, 0.05) is 24.3 Å². The molecular weight excluding hydrogens is 312 g/mol. The first kappa shape index (κ1) is 17.7. The lowest BCUT2D eigenvalue weighted by Gasteiger charge is -2.27. The van der Waals surface area contributed by atoms with Gasteiger partial charge in [-0.2, -0.15) is 5.10 Å². The summed E-state index contributed by atoms with van der Waals surface area (Å²) >= 11 is 0. The number of rotatable bonds is 6. The summed E-state index contributed by atoms with van der Waals surface area (Å²) in [5, 5.41) is 7.59. The van der Waals surface area contributed by atoms with Crippen LogP contribution in [-0.4, -0.2) is 40.2 Å². The second kappa shape index (κ2) is 8.30. The molecule has 1 aliphatic rings. The average molecular weight is 340 g/mol. The molecule has 25 heavy (non-hydrogen) atoms. The van der Waals surface area contributed by atoms with Gasteiger partial charge >= 0.3 is 0 Å². The summed E-state index contributed by atoms with van der Waals surface area (Å²) in [5.41, 5.74) is 2.14. The fraction of sp³-hybridized carbons (Fsp3) is 0.500. The van der Waals surface area contributed by atoms with Crippen molar-refractivity contribution in [3.8, 4) is 5.69 Å². The Hall–Kier alpha value is -2.14. The number of aromatic nitrogens is 2. The standard InChI is InChI=1S/C20H28N4O/c1-16-8-10-18(11-9-16)22-20(25)15-23(2)13-17-12-21-24(14-17)19-6-4-3-5-7-19/h3-7,12,14,16,18H,8-11,13,15H2,1-2H3,(H,22,25). The largest absolute Gasteiger partial charge is 0.352 e. The predicted molar refractivity (Wildman–Crippen MR) is 99.5 cm³/mol. The smallest absolute Gasteiger partial charge is 0.234 e. The van der Waals surface area contributed by atoms with E-state index in [0.29, 0.717) is 19.1 Å². The number of hydrogen-bond donors (Lipinski definition) is 1. The Morgan fingerprint density at radius 3 is 2.68 bits per heavy atom. The zero-order valence-electron chi connectivity index (χ0n) is 15.2. The Kier molecular flexibility index (Phi) is 5.87. The molecule has 0 aliphatic heterocycles. The summed E-state index contributed by atoms with van der Waals surface area (Å²) in [6, 6.07) is 10.4. The van der Waals surface area contributed by atoms with Crippen LogP contribution in [-0.2, 0) is 11.3 Å². The second-order valence-electron chi connectivity index (χ2n) is 7.33. The Bertz CT molecular complexity index is 674. The van der Waals surface area contributed by atoms with Crippen LogP contribution in [0.5, 0.6) is 0 Å². The zero-order valence-corrected chi connectivity index (χ0v) is 15.2. The molecule has 1 aromatic carbocycles. The maximum absolute atomic E-state index is 12.2. The van der Waals surface area contributed by atoms with Gasteiger partial charge in [-0.15, -0.1) is 0 Å². The van der Waals surface area contributed by atoms with E-state index < -0.39 is 0 Å². The SMILES string of the molecule is CC1CCC(NC(=O)CN(C)Cc2cnn(-c3ccccc3)c2)CC1. The number of nitrogens with zero attached hydrogens (tertiary/aromatic N) is 3. The summed E-state index contributed by atoms with van der Waals surface area (Å²) in [4.78, 5) is 14.3. The first-order valence-electron chi connectivity index (χ1n) is 9.17. The van der Waals surface area contributed by atoms with E-state index in [-0.39, 0.29) is 5.91 Å². The molecule has 1 N–H and O–H groups in total. The lowest BCUT2D eigenvalue weighted by Crippen LogP contribution is -2.42. The lowest BCUT2D eigenvalue weighted by atomic mass is 9.87. The summed E-state index contributed by atoms with van der Waals surface area (Å²) in [6.45, 7) is 3.42. The number of carbonyl (C=O) groups is 1. The molecule has 5 heteroatoms. The van der Waals surface area contributed by atoms with Crippen LogP contribution < -0.4 is 5.32 Å². The third kappa shape index (κ3) is 5.16. The Balaban J connectivity index is 1.47. The number of carbonyl (C=O) groups excluding carboxylic acids is 1. The Labute approximate surface area is 150 Å². The van der Waals surface area contributed by atoms with E-state index in [1.807, 2.05) is 59.4 Å². The first-order valence-corrected chi connectivity index (χ1v) is 9.17. The van der Waals surface area contributed by atoms with Crippen molar-refractivity contribution in [3.63, 3.8) is 0 Å². The summed E-state index contributed by atoms with van der Waals surface area (Å²) in [5.74, 6) is 0.925. The average Bonchev–Trinajstić information content (AvgIpc) is 3.06. The molecule has 0 spiro atoms. The molecule has 1 aliphatic carbocycles. The number of hydrogen-bond acceptors (Lipinski definition) is 3. The third-order valence-corrected chi connectivity index (χ3v) is 4.90. The van der Waals surface area contributed by atoms with Gasteiger partial charge in [-0.3, -0.25) is 9.69 Å². The van der Waals surface area contributed by atoms with Crippen LogP contribution >= 0.6 is 0 Å². The van der Waals surface area contributed by atoms with Crippen molar-refractivity contribution >= 4 is 5.91 Å². The molecule has 0 bridgehead atoms. The first-order chi connectivity index (χ1) is 12.1. The molecule has 3 rings (SSSR count). The fourth-order valence-corrected chi connectivity index (χ4v) is 3.45. The van der Waals surface area contributed by atoms with Crippen LogP contribution in [0.2, 0.25) is 0 Å². The molecule has 0 unspecified atom stereocenters. The van der Waals surface area contributed by atoms with Crippen molar-refractivity contribution in [1.82, 2.24) is 20.0 Å². The van der Waals surface area contributed by atoms with Crippen LogP contribution in [0.25, 0.3) is 5.69 Å². The van der Waals surface area contributed by atoms with E-state index in [2.05, 4.69) is 17.3 Å². The highest BCUT2D eigenvalue weighted by atomic mass is 16.2. The molecule has 2 aromatic rings. The van der Waals surface area contributed by atoms with Crippen LogP contribution in [0.4, 0.5) is 0 Å². The zero-order chi connectivity index (χ0) is 17.6. The highest BCUT2D eigenvalue weighted by molar-refractivity contribution is 5.78. The van der Waals surface area contributed by atoms with Gasteiger partial charge in [0.05, 0.1) is 18.4 Å². The van der Waals surface area contributed by atoms with Gasteiger partial charge in [0.1, 0.15) is 0 Å². The van der Waals surface area contributed by atoms with E-state index in [1.54, 1.807) is 0 Å². The van der Waals surface area contributed by atoms with Crippen molar-refractivity contribution in [3.05, 3.63) is 48.3 Å². The van der Waals surface area contributed by atoms with Gasteiger partial charge in [-0.05, 0) is 50.8 Å². The molecular formula is C20H28N4O. The molecule has 5 nitrogen and oxygen atoms in total. The van der Waals surface area contributed by atoms with Gasteiger partial charge in [-0.25, -0.2) is 4.68 Å². The molecule has 0 atom stereocenters. The highest BCUT2D eigenvalue weighted by Crippen LogP contribution is 2.23. The normalized spacial score (nSPS) is 20.6. The maximum Gasteiger partial charge on any atom is 0.234 e. The van der Waals surface area contributed by atoms with Crippen molar-refractivity contribution < 1.29 is 4.79 Å². The fourth-order valence-electron chi connectivity index (χ4n) is 3.45. The van der Waals surface area contributed by atoms with E-state index in [0.717, 1.165) is 30.0 Å². The van der Waals surface area contributed by atoms with Crippen molar-refractivity contribution in [2.75, 3.05) is 13.6 Å². The second-order valence-corrected chi connectivity index (χ2v) is 7.33. The van der Waals surface area contributed by atoms with Gasteiger partial charge in [0.25, 0.3) is 0 Å². The van der Waals surface area contributed by atoms with Crippen molar-refractivity contribution in [2.24, 2.45) is 5.92 Å². The quantitative estimate of drug-likeness (QED) is 0.879. The molecule has 134 valence electrons. The third-order valence-electron chi connectivity index (χ3n) is 4.90. The topological polar surface area (TPSA) is 50.2 Å². The van der Waals surface area contributed by atoms with E-state index >= 15 is 0 Å². The number of benzene rings is 1. The molecule has 1 fully saturated rings. The number of likely N-dealkylation sites (N-methyl/N-ethyl adjacent to an activating group) is 1. The van der Waals surface area contributed by atoms with E-state index in [4.69, 9.17) is 0 Å². The minimum atomic E-state index is 0.123. The van der Waals surface area contributed by atoms with Gasteiger partial charge < -0.3 is 5.32 Å².